The van der Waals surface area contributed by atoms with Gasteiger partial charge in [-0.25, -0.2) is 0 Å². The summed E-state index contributed by atoms with van der Waals surface area (Å²) in [6, 6.07) is 12.6. The Morgan fingerprint density at radius 2 is 1.80 bits per heavy atom. The molecule has 2 aromatic carbocycles. The largest absolute Gasteiger partial charge is 0.497 e. The topological polar surface area (TPSA) is 67.9 Å². The molecule has 2 aromatic rings. The molecule has 162 valence electrons. The predicted octanol–water partition coefficient (Wildman–Crippen LogP) is 3.63. The first-order valence-electron chi connectivity index (χ1n) is 10.3. The molecular formula is C24H32N2O4. The highest BCUT2D eigenvalue weighted by Gasteiger charge is 2.26. The Balaban J connectivity index is 2.16. The second kappa shape index (κ2) is 11.2. The lowest BCUT2D eigenvalue weighted by molar-refractivity contribution is -0.142. The van der Waals surface area contributed by atoms with Gasteiger partial charge in [-0.15, -0.1) is 0 Å². The summed E-state index contributed by atoms with van der Waals surface area (Å²) in [5, 5.41) is 2.87. The lowest BCUT2D eigenvalue weighted by Crippen LogP contribution is -2.49. The van der Waals surface area contributed by atoms with Gasteiger partial charge < -0.3 is 19.7 Å². The summed E-state index contributed by atoms with van der Waals surface area (Å²) in [5.41, 5.74) is 3.01. The highest BCUT2D eigenvalue weighted by atomic mass is 16.5. The summed E-state index contributed by atoms with van der Waals surface area (Å²) in [4.78, 5) is 27.2. The molecule has 0 fully saturated rings. The van der Waals surface area contributed by atoms with Crippen molar-refractivity contribution in [2.24, 2.45) is 0 Å². The van der Waals surface area contributed by atoms with Crippen molar-refractivity contribution < 1.29 is 19.1 Å². The van der Waals surface area contributed by atoms with Gasteiger partial charge in [-0.2, -0.15) is 0 Å². The smallest absolute Gasteiger partial charge is 0.261 e. The lowest BCUT2D eigenvalue weighted by Gasteiger charge is -2.29. The third kappa shape index (κ3) is 6.24. The van der Waals surface area contributed by atoms with E-state index in [-0.39, 0.29) is 18.4 Å². The van der Waals surface area contributed by atoms with Crippen LogP contribution in [-0.4, -0.2) is 43.0 Å². The third-order valence-corrected chi connectivity index (χ3v) is 5.13. The van der Waals surface area contributed by atoms with E-state index in [2.05, 4.69) is 5.32 Å². The zero-order valence-corrected chi connectivity index (χ0v) is 18.5. The van der Waals surface area contributed by atoms with Crippen LogP contribution in [-0.2, 0) is 16.1 Å². The van der Waals surface area contributed by atoms with E-state index in [4.69, 9.17) is 9.47 Å². The minimum Gasteiger partial charge on any atom is -0.497 e. The van der Waals surface area contributed by atoms with Crippen molar-refractivity contribution in [3.63, 3.8) is 0 Å². The number of ether oxygens (including phenoxy) is 2. The molecule has 0 radical (unpaired) electrons. The Hall–Kier alpha value is -3.02. The van der Waals surface area contributed by atoms with Gasteiger partial charge in [-0.1, -0.05) is 31.2 Å². The van der Waals surface area contributed by atoms with Crippen molar-refractivity contribution in [2.45, 2.75) is 46.7 Å². The normalized spacial score (nSPS) is 11.5. The minimum atomic E-state index is -0.617. The molecule has 0 saturated carbocycles. The summed E-state index contributed by atoms with van der Waals surface area (Å²) in [6.45, 7) is 8.44. The van der Waals surface area contributed by atoms with Crippen LogP contribution in [0.4, 0.5) is 0 Å². The standard InChI is InChI=1S/C24H32N2O4/c1-6-14-25-24(28)19(4)26(15-20-10-12-21(29-5)13-11-20)23(27)16-30-22-9-7-8-17(2)18(22)3/h7-13,19H,6,14-16H2,1-5H3,(H,25,28). The van der Waals surface area contributed by atoms with Crippen molar-refractivity contribution in [1.82, 2.24) is 10.2 Å². The second-order valence-electron chi connectivity index (χ2n) is 7.32. The molecule has 0 aliphatic carbocycles. The molecule has 1 N–H and O–H groups in total. The lowest BCUT2D eigenvalue weighted by atomic mass is 10.1. The zero-order valence-electron chi connectivity index (χ0n) is 18.5. The molecule has 0 saturated heterocycles. The molecule has 6 nitrogen and oxygen atoms in total. The van der Waals surface area contributed by atoms with Gasteiger partial charge in [0.25, 0.3) is 5.91 Å². The summed E-state index contributed by atoms with van der Waals surface area (Å²) < 4.78 is 11.0. The molecule has 6 heteroatoms. The molecule has 0 heterocycles. The molecule has 30 heavy (non-hydrogen) atoms. The first-order valence-corrected chi connectivity index (χ1v) is 10.3. The molecule has 0 aliphatic heterocycles. The number of amides is 2. The van der Waals surface area contributed by atoms with Crippen LogP contribution in [0.15, 0.2) is 42.5 Å². The highest BCUT2D eigenvalue weighted by Crippen LogP contribution is 2.21. The van der Waals surface area contributed by atoms with Crippen LogP contribution in [0.1, 0.15) is 37.0 Å². The Morgan fingerprint density at radius 3 is 2.43 bits per heavy atom. The molecule has 0 aromatic heterocycles. The maximum absolute atomic E-state index is 13.1. The number of aryl methyl sites for hydroxylation is 1. The van der Waals surface area contributed by atoms with Crippen LogP contribution in [0.5, 0.6) is 11.5 Å². The summed E-state index contributed by atoms with van der Waals surface area (Å²) in [6.07, 6.45) is 0.834. The van der Waals surface area contributed by atoms with Crippen LogP contribution in [0, 0.1) is 13.8 Å². The van der Waals surface area contributed by atoms with E-state index >= 15 is 0 Å². The number of hydrogen-bond donors (Lipinski definition) is 1. The molecule has 0 bridgehead atoms. The molecule has 1 unspecified atom stereocenters. The predicted molar refractivity (Wildman–Crippen MR) is 118 cm³/mol. The number of nitrogens with zero attached hydrogens (tertiary/aromatic N) is 1. The maximum atomic E-state index is 13.1. The maximum Gasteiger partial charge on any atom is 0.261 e. The fourth-order valence-corrected chi connectivity index (χ4v) is 3.01. The van der Waals surface area contributed by atoms with E-state index in [1.54, 1.807) is 18.9 Å². The van der Waals surface area contributed by atoms with E-state index in [0.717, 1.165) is 28.9 Å². The monoisotopic (exact) mass is 412 g/mol. The van der Waals surface area contributed by atoms with Crippen LogP contribution in [0.2, 0.25) is 0 Å². The summed E-state index contributed by atoms with van der Waals surface area (Å²) in [7, 11) is 1.61. The number of carbonyl (C=O) groups is 2. The van der Waals surface area contributed by atoms with Crippen molar-refractivity contribution >= 4 is 11.8 Å². The van der Waals surface area contributed by atoms with Gasteiger partial charge in [0.2, 0.25) is 5.91 Å². The van der Waals surface area contributed by atoms with Gasteiger partial charge in [0, 0.05) is 13.1 Å². The quantitative estimate of drug-likeness (QED) is 0.647. The Labute approximate surface area is 179 Å². The van der Waals surface area contributed by atoms with Crippen LogP contribution in [0.3, 0.4) is 0 Å². The fraction of sp³-hybridized carbons (Fsp3) is 0.417. The number of methoxy groups -OCH3 is 1. The molecule has 0 aliphatic rings. The summed E-state index contributed by atoms with van der Waals surface area (Å²) >= 11 is 0. The number of nitrogens with one attached hydrogen (secondary N) is 1. The highest BCUT2D eigenvalue weighted by molar-refractivity contribution is 5.88. The average Bonchev–Trinajstić information content (AvgIpc) is 2.76. The van der Waals surface area contributed by atoms with Gasteiger partial charge in [0.15, 0.2) is 6.61 Å². The fourth-order valence-electron chi connectivity index (χ4n) is 3.01. The molecule has 1 atom stereocenters. The van der Waals surface area contributed by atoms with Crippen LogP contribution >= 0.6 is 0 Å². The van der Waals surface area contributed by atoms with Crippen molar-refractivity contribution in [2.75, 3.05) is 20.3 Å². The average molecular weight is 413 g/mol. The number of carbonyl (C=O) groups excluding carboxylic acids is 2. The number of rotatable bonds is 10. The molecule has 2 amide bonds. The first kappa shape index (κ1) is 23.3. The molecular weight excluding hydrogens is 380 g/mol. The Morgan fingerprint density at radius 1 is 1.10 bits per heavy atom. The Bertz CT molecular complexity index is 849. The van der Waals surface area contributed by atoms with Gasteiger partial charge in [0.05, 0.1) is 7.11 Å². The van der Waals surface area contributed by atoms with E-state index in [9.17, 15) is 9.59 Å². The van der Waals surface area contributed by atoms with Gasteiger partial charge in [0.1, 0.15) is 17.5 Å². The third-order valence-electron chi connectivity index (χ3n) is 5.13. The SMILES string of the molecule is CCCNC(=O)C(C)N(Cc1ccc(OC)cc1)C(=O)COc1cccc(C)c1C. The van der Waals surface area contributed by atoms with Crippen molar-refractivity contribution in [1.29, 1.82) is 0 Å². The number of hydrogen-bond acceptors (Lipinski definition) is 4. The molecule has 2 rings (SSSR count). The second-order valence-corrected chi connectivity index (χ2v) is 7.32. The first-order chi connectivity index (χ1) is 14.4. The van der Waals surface area contributed by atoms with Gasteiger partial charge >= 0.3 is 0 Å². The van der Waals surface area contributed by atoms with Crippen molar-refractivity contribution in [3.8, 4) is 11.5 Å². The van der Waals surface area contributed by atoms with Gasteiger partial charge in [-0.05, 0) is 62.1 Å². The molecule has 0 spiro atoms. The van der Waals surface area contributed by atoms with E-state index in [0.29, 0.717) is 18.8 Å². The van der Waals surface area contributed by atoms with Crippen LogP contribution < -0.4 is 14.8 Å². The number of benzene rings is 2. The van der Waals surface area contributed by atoms with E-state index in [1.165, 1.54) is 0 Å². The van der Waals surface area contributed by atoms with E-state index < -0.39 is 6.04 Å². The van der Waals surface area contributed by atoms with Crippen molar-refractivity contribution in [3.05, 3.63) is 59.2 Å². The van der Waals surface area contributed by atoms with Gasteiger partial charge in [-0.3, -0.25) is 9.59 Å². The minimum absolute atomic E-state index is 0.133. The Kier molecular flexibility index (Phi) is 8.71. The summed E-state index contributed by atoms with van der Waals surface area (Å²) in [5.74, 6) is 0.996. The van der Waals surface area contributed by atoms with Crippen LogP contribution in [0.25, 0.3) is 0 Å². The zero-order chi connectivity index (χ0) is 22.1. The van der Waals surface area contributed by atoms with E-state index in [1.807, 2.05) is 63.2 Å².